The lowest BCUT2D eigenvalue weighted by molar-refractivity contribution is 0.169. The molecule has 0 amide bonds. The molecule has 1 aromatic rings. The Morgan fingerprint density at radius 3 is 2.56 bits per heavy atom. The second kappa shape index (κ2) is 13.2. The van der Waals surface area contributed by atoms with E-state index in [1.807, 2.05) is 50.3 Å². The van der Waals surface area contributed by atoms with Gasteiger partial charge in [0.25, 0.3) is 0 Å². The number of nitrogens with zero attached hydrogens (tertiary/aromatic N) is 1. The highest BCUT2D eigenvalue weighted by Gasteiger charge is 2.04. The molecule has 0 bridgehead atoms. The van der Waals surface area contributed by atoms with Crippen LogP contribution in [0.15, 0.2) is 60.0 Å². The number of benzene rings is 1. The smallest absolute Gasteiger partial charge is 0.113 e. The van der Waals surface area contributed by atoms with E-state index in [0.29, 0.717) is 6.61 Å². The molecule has 3 N–H and O–H groups in total. The van der Waals surface area contributed by atoms with Crippen molar-refractivity contribution in [3.63, 3.8) is 0 Å². The van der Waals surface area contributed by atoms with Gasteiger partial charge in [0.05, 0.1) is 5.76 Å². The average molecular weight is 392 g/mol. The summed E-state index contributed by atoms with van der Waals surface area (Å²) in [6.45, 7) is 6.49. The Bertz CT molecular complexity index is 667. The van der Waals surface area contributed by atoms with E-state index in [4.69, 9.17) is 10.5 Å². The van der Waals surface area contributed by atoms with Crippen molar-refractivity contribution < 1.29 is 8.95 Å². The van der Waals surface area contributed by atoms with E-state index in [2.05, 4.69) is 28.8 Å². The standard InChI is InChI=1S/C19H27N3O2S.C2H6/c1-22(13-12-16-6-8-17(20)9-7-16)14-15-24-19-5-3-4-18(10-11-19)21-25(2)23;1-2/h3-4,6-11,21H,5,12-15,20H2,1-2H3;1-2H3. The topological polar surface area (TPSA) is 67.6 Å². The fourth-order valence-electron chi connectivity index (χ4n) is 2.40. The Morgan fingerprint density at radius 2 is 1.89 bits per heavy atom. The zero-order chi connectivity index (χ0) is 20.1. The summed E-state index contributed by atoms with van der Waals surface area (Å²) in [6.07, 6.45) is 11.1. The Morgan fingerprint density at radius 1 is 1.19 bits per heavy atom. The molecule has 0 fully saturated rings. The number of rotatable bonds is 9. The first-order valence-electron chi connectivity index (χ1n) is 9.36. The predicted octanol–water partition coefficient (Wildman–Crippen LogP) is 3.40. The first-order chi connectivity index (χ1) is 13.0. The van der Waals surface area contributed by atoms with Gasteiger partial charge < -0.3 is 20.1 Å². The van der Waals surface area contributed by atoms with E-state index in [0.717, 1.165) is 43.1 Å². The molecule has 1 aliphatic rings. The molecule has 1 atom stereocenters. The quantitative estimate of drug-likeness (QED) is 0.633. The molecule has 27 heavy (non-hydrogen) atoms. The van der Waals surface area contributed by atoms with Gasteiger partial charge in [-0.05, 0) is 49.4 Å². The maximum Gasteiger partial charge on any atom is 0.113 e. The van der Waals surface area contributed by atoms with Crippen LogP contribution in [-0.2, 0) is 22.1 Å². The van der Waals surface area contributed by atoms with Crippen molar-refractivity contribution in [2.45, 2.75) is 26.7 Å². The molecule has 0 aromatic heterocycles. The number of nitrogens with one attached hydrogen (secondary N) is 1. The molecule has 0 aliphatic heterocycles. The van der Waals surface area contributed by atoms with Crippen molar-refractivity contribution in [3.8, 4) is 0 Å². The molecule has 150 valence electrons. The molecule has 0 spiro atoms. The van der Waals surface area contributed by atoms with E-state index in [1.165, 1.54) is 5.56 Å². The van der Waals surface area contributed by atoms with Crippen LogP contribution in [0.3, 0.4) is 0 Å². The van der Waals surface area contributed by atoms with E-state index < -0.39 is 11.0 Å². The highest BCUT2D eigenvalue weighted by molar-refractivity contribution is 7.82. The Labute approximate surface area is 166 Å². The fourth-order valence-corrected chi connectivity index (χ4v) is 2.87. The molecule has 2 rings (SSSR count). The van der Waals surface area contributed by atoms with Crippen molar-refractivity contribution >= 4 is 16.7 Å². The monoisotopic (exact) mass is 391 g/mol. The molecule has 1 aliphatic carbocycles. The summed E-state index contributed by atoms with van der Waals surface area (Å²) >= 11 is 0. The Kier molecular flexibility index (Phi) is 11.2. The lowest BCUT2D eigenvalue weighted by Gasteiger charge is -2.17. The van der Waals surface area contributed by atoms with Crippen LogP contribution in [0.4, 0.5) is 5.69 Å². The highest BCUT2D eigenvalue weighted by Crippen LogP contribution is 2.12. The van der Waals surface area contributed by atoms with Crippen LogP contribution in [0.1, 0.15) is 25.8 Å². The van der Waals surface area contributed by atoms with Gasteiger partial charge in [-0.15, -0.1) is 0 Å². The fraction of sp³-hybridized carbons (Fsp3) is 0.429. The molecular weight excluding hydrogens is 358 g/mol. The van der Waals surface area contributed by atoms with Gasteiger partial charge in [0.15, 0.2) is 0 Å². The van der Waals surface area contributed by atoms with Gasteiger partial charge in [0.2, 0.25) is 0 Å². The molecule has 0 saturated heterocycles. The summed E-state index contributed by atoms with van der Waals surface area (Å²) in [7, 11) is 1.03. The Hall–Kier alpha value is -2.05. The first kappa shape index (κ1) is 23.0. The van der Waals surface area contributed by atoms with E-state index in [9.17, 15) is 4.21 Å². The third-order valence-corrected chi connectivity index (χ3v) is 4.37. The van der Waals surface area contributed by atoms with Crippen LogP contribution in [0, 0.1) is 0 Å². The van der Waals surface area contributed by atoms with Crippen LogP contribution < -0.4 is 10.5 Å². The summed E-state index contributed by atoms with van der Waals surface area (Å²) in [5.74, 6) is 0.918. The summed E-state index contributed by atoms with van der Waals surface area (Å²) in [6, 6.07) is 8.03. The zero-order valence-corrected chi connectivity index (χ0v) is 17.7. The third-order valence-electron chi connectivity index (χ3n) is 3.85. The SMILES string of the molecule is CC.CN(CCOC1=CC=C(NS(C)=O)C=CC1)CCc1ccc(N)cc1. The molecule has 5 nitrogen and oxygen atoms in total. The van der Waals surface area contributed by atoms with Gasteiger partial charge in [0, 0.05) is 37.2 Å². The van der Waals surface area contributed by atoms with Crippen molar-refractivity contribution in [2.75, 3.05) is 38.7 Å². The van der Waals surface area contributed by atoms with Gasteiger partial charge in [-0.1, -0.05) is 32.1 Å². The van der Waals surface area contributed by atoms with Crippen molar-refractivity contribution in [3.05, 3.63) is 65.6 Å². The van der Waals surface area contributed by atoms with E-state index >= 15 is 0 Å². The molecule has 0 radical (unpaired) electrons. The second-order valence-corrected chi connectivity index (χ2v) is 7.17. The lowest BCUT2D eigenvalue weighted by Crippen LogP contribution is -2.25. The zero-order valence-electron chi connectivity index (χ0n) is 16.9. The summed E-state index contributed by atoms with van der Waals surface area (Å²) in [4.78, 5) is 2.26. The molecule has 1 aromatic carbocycles. The van der Waals surface area contributed by atoms with Crippen LogP contribution in [0.2, 0.25) is 0 Å². The summed E-state index contributed by atoms with van der Waals surface area (Å²) < 4.78 is 19.9. The molecule has 0 saturated carbocycles. The maximum atomic E-state index is 11.2. The minimum Gasteiger partial charge on any atom is -0.496 e. The minimum absolute atomic E-state index is 0.647. The van der Waals surface area contributed by atoms with Crippen LogP contribution in [-0.4, -0.2) is 42.1 Å². The number of ether oxygens (including phenoxy) is 1. The second-order valence-electron chi connectivity index (χ2n) is 6.06. The lowest BCUT2D eigenvalue weighted by atomic mass is 10.1. The normalized spacial score (nSPS) is 14.4. The number of likely N-dealkylation sites (N-methyl/N-ethyl adjacent to an activating group) is 1. The van der Waals surface area contributed by atoms with Crippen molar-refractivity contribution in [1.82, 2.24) is 9.62 Å². The molecule has 6 heteroatoms. The number of nitrogens with two attached hydrogens (primary N) is 1. The highest BCUT2D eigenvalue weighted by atomic mass is 32.2. The van der Waals surface area contributed by atoms with Crippen LogP contribution in [0.25, 0.3) is 0 Å². The van der Waals surface area contributed by atoms with Gasteiger partial charge in [-0.3, -0.25) is 0 Å². The third kappa shape index (κ3) is 10.0. The van der Waals surface area contributed by atoms with Gasteiger partial charge >= 0.3 is 0 Å². The largest absolute Gasteiger partial charge is 0.496 e. The predicted molar refractivity (Wildman–Crippen MR) is 116 cm³/mol. The average Bonchev–Trinajstić information content (AvgIpc) is 2.88. The number of allylic oxidation sites excluding steroid dienone is 4. The summed E-state index contributed by atoms with van der Waals surface area (Å²) in [5, 5.41) is 0. The van der Waals surface area contributed by atoms with Gasteiger partial charge in [-0.25, -0.2) is 4.21 Å². The summed E-state index contributed by atoms with van der Waals surface area (Å²) in [5.41, 5.74) is 8.62. The molecule has 0 heterocycles. The van der Waals surface area contributed by atoms with Crippen LogP contribution in [0.5, 0.6) is 0 Å². The number of hydrogen-bond acceptors (Lipinski definition) is 4. The molecule has 1 unspecified atom stereocenters. The number of nitrogen functional groups attached to an aromatic ring is 1. The Balaban J connectivity index is 0.00000176. The maximum absolute atomic E-state index is 11.2. The number of hydrogen-bond donors (Lipinski definition) is 2. The van der Waals surface area contributed by atoms with Gasteiger partial charge in [0.1, 0.15) is 17.6 Å². The van der Waals surface area contributed by atoms with Gasteiger partial charge in [-0.2, -0.15) is 0 Å². The van der Waals surface area contributed by atoms with Crippen molar-refractivity contribution in [1.29, 1.82) is 0 Å². The van der Waals surface area contributed by atoms with Crippen LogP contribution >= 0.6 is 0 Å². The van der Waals surface area contributed by atoms with E-state index in [1.54, 1.807) is 6.26 Å². The first-order valence-corrected chi connectivity index (χ1v) is 10.9. The molecular formula is C21H33N3O2S. The van der Waals surface area contributed by atoms with E-state index in [-0.39, 0.29) is 0 Å². The minimum atomic E-state index is -1.07. The van der Waals surface area contributed by atoms with Crippen molar-refractivity contribution in [2.24, 2.45) is 0 Å². The number of anilines is 1.